The van der Waals surface area contributed by atoms with Crippen molar-refractivity contribution in [3.63, 3.8) is 0 Å². The van der Waals surface area contributed by atoms with Gasteiger partial charge in [0.05, 0.1) is 12.1 Å². The summed E-state index contributed by atoms with van der Waals surface area (Å²) in [5, 5.41) is 9.46. The largest absolute Gasteiger partial charge is 0.382 e. The van der Waals surface area contributed by atoms with Crippen LogP contribution in [-0.2, 0) is 4.74 Å². The molecule has 6 heteroatoms. The molecule has 0 aromatic carbocycles. The first-order valence-electron chi connectivity index (χ1n) is 5.59. The number of ether oxygens (including phenoxy) is 1. The first kappa shape index (κ1) is 13.6. The van der Waals surface area contributed by atoms with Crippen molar-refractivity contribution in [2.45, 2.75) is 39.2 Å². The van der Waals surface area contributed by atoms with E-state index < -0.39 is 5.54 Å². The summed E-state index contributed by atoms with van der Waals surface area (Å²) in [4.78, 5) is 16.0. The summed E-state index contributed by atoms with van der Waals surface area (Å²) in [6.07, 6.45) is 0. The van der Waals surface area contributed by atoms with Crippen LogP contribution in [0.4, 0.5) is 0 Å². The monoisotopic (exact) mass is 240 g/mol. The van der Waals surface area contributed by atoms with E-state index in [1.165, 1.54) is 0 Å². The Bertz CT molecular complexity index is 385. The second-order valence-electron chi connectivity index (χ2n) is 4.97. The van der Waals surface area contributed by atoms with Crippen molar-refractivity contribution in [3.05, 3.63) is 11.6 Å². The molecule has 17 heavy (non-hydrogen) atoms. The average molecular weight is 240 g/mol. The normalized spacial score (nSPS) is 11.9. The highest BCUT2D eigenvalue weighted by molar-refractivity contribution is 5.90. The molecule has 0 aliphatic rings. The fraction of sp³-hybridized carbons (Fsp3) is 0.727. The number of methoxy groups -OCH3 is 1. The zero-order valence-corrected chi connectivity index (χ0v) is 11.0. The lowest BCUT2D eigenvalue weighted by Crippen LogP contribution is -2.47. The number of hydrogen-bond acceptors (Lipinski definition) is 4. The third kappa shape index (κ3) is 3.81. The first-order valence-corrected chi connectivity index (χ1v) is 5.59. The summed E-state index contributed by atoms with van der Waals surface area (Å²) in [5.74, 6) is 0.795. The van der Waals surface area contributed by atoms with E-state index in [0.29, 0.717) is 12.4 Å². The zero-order valence-electron chi connectivity index (χ0n) is 11.0. The fourth-order valence-electron chi connectivity index (χ4n) is 1.39. The summed E-state index contributed by atoms with van der Waals surface area (Å²) < 4.78 is 5.02. The van der Waals surface area contributed by atoms with Gasteiger partial charge in [-0.3, -0.25) is 9.89 Å². The Kier molecular flexibility index (Phi) is 4.22. The molecule has 96 valence electrons. The Hall–Kier alpha value is -1.43. The number of amides is 1. The molecular weight excluding hydrogens is 220 g/mol. The van der Waals surface area contributed by atoms with Gasteiger partial charge in [-0.2, -0.15) is 0 Å². The number of aromatic nitrogens is 3. The van der Waals surface area contributed by atoms with Crippen molar-refractivity contribution in [1.82, 2.24) is 20.5 Å². The number of carbonyl (C=O) groups is 1. The van der Waals surface area contributed by atoms with Crippen LogP contribution in [0.25, 0.3) is 0 Å². The molecule has 1 amide bonds. The van der Waals surface area contributed by atoms with E-state index in [1.807, 2.05) is 27.7 Å². The number of nitrogens with one attached hydrogen (secondary N) is 2. The van der Waals surface area contributed by atoms with E-state index >= 15 is 0 Å². The van der Waals surface area contributed by atoms with E-state index in [9.17, 15) is 4.79 Å². The maximum Gasteiger partial charge on any atom is 0.291 e. The second-order valence-corrected chi connectivity index (χ2v) is 4.97. The van der Waals surface area contributed by atoms with E-state index in [2.05, 4.69) is 20.5 Å². The van der Waals surface area contributed by atoms with E-state index in [4.69, 9.17) is 4.74 Å². The van der Waals surface area contributed by atoms with E-state index in [0.717, 1.165) is 0 Å². The Morgan fingerprint density at radius 3 is 2.65 bits per heavy atom. The van der Waals surface area contributed by atoms with Gasteiger partial charge in [-0.15, -0.1) is 5.10 Å². The number of H-pyrrole nitrogens is 1. The molecule has 0 spiro atoms. The van der Waals surface area contributed by atoms with Gasteiger partial charge in [-0.25, -0.2) is 4.98 Å². The van der Waals surface area contributed by atoms with Gasteiger partial charge in [-0.05, 0) is 13.8 Å². The van der Waals surface area contributed by atoms with E-state index in [-0.39, 0.29) is 17.6 Å². The maximum absolute atomic E-state index is 11.9. The number of nitrogens with zero attached hydrogens (tertiary/aromatic N) is 2. The molecular formula is C11H20N4O2. The number of aromatic amines is 1. The topological polar surface area (TPSA) is 79.9 Å². The van der Waals surface area contributed by atoms with Gasteiger partial charge in [-0.1, -0.05) is 13.8 Å². The van der Waals surface area contributed by atoms with Crippen molar-refractivity contribution in [2.24, 2.45) is 0 Å². The summed E-state index contributed by atoms with van der Waals surface area (Å²) in [6.45, 7) is 8.16. The van der Waals surface area contributed by atoms with Crippen molar-refractivity contribution in [1.29, 1.82) is 0 Å². The molecule has 1 aromatic rings. The predicted molar refractivity (Wildman–Crippen MR) is 63.9 cm³/mol. The summed E-state index contributed by atoms with van der Waals surface area (Å²) >= 11 is 0. The molecule has 0 saturated heterocycles. The highest BCUT2D eigenvalue weighted by Crippen LogP contribution is 2.08. The van der Waals surface area contributed by atoms with Gasteiger partial charge in [0.25, 0.3) is 5.91 Å². The summed E-state index contributed by atoms with van der Waals surface area (Å²) in [5.41, 5.74) is -0.440. The fourth-order valence-corrected chi connectivity index (χ4v) is 1.39. The van der Waals surface area contributed by atoms with Crippen LogP contribution in [0.1, 0.15) is 50.1 Å². The molecule has 0 bridgehead atoms. The summed E-state index contributed by atoms with van der Waals surface area (Å²) in [6, 6.07) is 0. The van der Waals surface area contributed by atoms with Gasteiger partial charge in [0.2, 0.25) is 5.82 Å². The van der Waals surface area contributed by atoms with Crippen molar-refractivity contribution in [2.75, 3.05) is 13.7 Å². The van der Waals surface area contributed by atoms with Crippen LogP contribution in [0.3, 0.4) is 0 Å². The Morgan fingerprint density at radius 2 is 2.18 bits per heavy atom. The zero-order chi connectivity index (χ0) is 13.1. The minimum atomic E-state index is -0.440. The number of hydrogen-bond donors (Lipinski definition) is 2. The van der Waals surface area contributed by atoms with Crippen molar-refractivity contribution < 1.29 is 9.53 Å². The smallest absolute Gasteiger partial charge is 0.291 e. The molecule has 0 aliphatic heterocycles. The van der Waals surface area contributed by atoms with Gasteiger partial charge in [0, 0.05) is 13.0 Å². The first-order chi connectivity index (χ1) is 7.85. The molecule has 0 atom stereocenters. The van der Waals surface area contributed by atoms with Gasteiger partial charge in [0.1, 0.15) is 5.82 Å². The molecule has 6 nitrogen and oxygen atoms in total. The molecule has 1 heterocycles. The molecule has 0 fully saturated rings. The van der Waals surface area contributed by atoms with Gasteiger partial charge >= 0.3 is 0 Å². The molecule has 0 unspecified atom stereocenters. The number of rotatable bonds is 5. The lowest BCUT2D eigenvalue weighted by atomic mass is 10.1. The highest BCUT2D eigenvalue weighted by Gasteiger charge is 2.23. The van der Waals surface area contributed by atoms with Crippen LogP contribution >= 0.6 is 0 Å². The van der Waals surface area contributed by atoms with Crippen molar-refractivity contribution >= 4 is 5.91 Å². The minimum Gasteiger partial charge on any atom is -0.382 e. The maximum atomic E-state index is 11.9. The quantitative estimate of drug-likeness (QED) is 0.807. The standard InChI is InChI=1S/C11H20N4O2/c1-7(2)8-12-9(15-14-8)10(16)13-11(3,4)6-17-5/h7H,6H2,1-5H3,(H,13,16)(H,12,14,15). The Morgan fingerprint density at radius 1 is 1.53 bits per heavy atom. The van der Waals surface area contributed by atoms with Crippen LogP contribution in [0.5, 0.6) is 0 Å². The lowest BCUT2D eigenvalue weighted by Gasteiger charge is -2.24. The third-order valence-electron chi connectivity index (χ3n) is 2.21. The molecule has 1 aromatic heterocycles. The number of carbonyl (C=O) groups excluding carboxylic acids is 1. The Labute approximate surface area is 101 Å². The SMILES string of the molecule is COCC(C)(C)NC(=O)c1n[nH]c(C(C)C)n1. The predicted octanol–water partition coefficient (Wildman–Crippen LogP) is 1.08. The lowest BCUT2D eigenvalue weighted by molar-refractivity contribution is 0.0810. The highest BCUT2D eigenvalue weighted by atomic mass is 16.5. The second kappa shape index (κ2) is 5.27. The third-order valence-corrected chi connectivity index (χ3v) is 2.21. The Balaban J connectivity index is 2.69. The van der Waals surface area contributed by atoms with Crippen LogP contribution in [0, 0.1) is 0 Å². The van der Waals surface area contributed by atoms with Crippen LogP contribution in [0.15, 0.2) is 0 Å². The van der Waals surface area contributed by atoms with Gasteiger partial charge < -0.3 is 10.1 Å². The minimum absolute atomic E-state index is 0.165. The van der Waals surface area contributed by atoms with E-state index in [1.54, 1.807) is 7.11 Å². The molecule has 1 rings (SSSR count). The molecule has 2 N–H and O–H groups in total. The molecule has 0 saturated carbocycles. The molecule has 0 radical (unpaired) electrons. The van der Waals surface area contributed by atoms with Crippen molar-refractivity contribution in [3.8, 4) is 0 Å². The average Bonchev–Trinajstić information content (AvgIpc) is 2.64. The molecule has 0 aliphatic carbocycles. The van der Waals surface area contributed by atoms with Crippen LogP contribution in [-0.4, -0.2) is 40.3 Å². The van der Waals surface area contributed by atoms with Gasteiger partial charge in [0.15, 0.2) is 0 Å². The summed E-state index contributed by atoms with van der Waals surface area (Å²) in [7, 11) is 1.59. The van der Waals surface area contributed by atoms with Crippen LogP contribution in [0.2, 0.25) is 0 Å². The van der Waals surface area contributed by atoms with Crippen LogP contribution < -0.4 is 5.32 Å².